The van der Waals surface area contributed by atoms with Gasteiger partial charge in [-0.25, -0.2) is 43.2 Å². The minimum Gasteiger partial charge on any atom is -0.481 e. The van der Waals surface area contributed by atoms with Gasteiger partial charge in [-0.15, -0.1) is 0 Å². The van der Waals surface area contributed by atoms with E-state index in [9.17, 15) is 57.8 Å². The first-order chi connectivity index (χ1) is 43.9. The molecule has 0 heterocycles. The molecule has 7 N–H and O–H groups in total. The quantitative estimate of drug-likeness (QED) is 0.0384. The van der Waals surface area contributed by atoms with E-state index in [1.54, 1.807) is 190 Å². The van der Waals surface area contributed by atoms with Gasteiger partial charge in [0.15, 0.2) is 0 Å². The smallest absolute Gasteiger partial charge is 0.410 e. The molecule has 0 atom stereocenters. The Morgan fingerprint density at radius 1 is 0.371 bits per heavy atom. The molecular weight excluding hydrogens is 1270 g/mol. The summed E-state index contributed by atoms with van der Waals surface area (Å²) in [5.41, 5.74) is -5.10. The highest BCUT2D eigenvalue weighted by Crippen LogP contribution is 2.22. The molecule has 1 aromatic carbocycles. The predicted molar refractivity (Wildman–Crippen MR) is 360 cm³/mol. The first-order valence-corrected chi connectivity index (χ1v) is 32.1. The van der Waals surface area contributed by atoms with Crippen molar-refractivity contribution in [3.05, 3.63) is 29.8 Å². The Morgan fingerprint density at radius 2 is 0.629 bits per heavy atom. The summed E-state index contributed by atoms with van der Waals surface area (Å²) < 4.78 is 48.3. The largest absolute Gasteiger partial charge is 0.481 e. The molecule has 0 unspecified atom stereocenters. The van der Waals surface area contributed by atoms with Gasteiger partial charge in [-0.3, -0.25) is 9.59 Å². The van der Waals surface area contributed by atoms with Crippen molar-refractivity contribution in [3.8, 4) is 0 Å². The third-order valence-corrected chi connectivity index (χ3v) is 11.2. The number of benzene rings is 1. The number of carboxylic acids is 2. The van der Waals surface area contributed by atoms with Crippen LogP contribution in [0.2, 0.25) is 0 Å². The second-order valence-corrected chi connectivity index (χ2v) is 30.7. The normalized spacial score (nSPS) is 12.1. The van der Waals surface area contributed by atoms with Crippen LogP contribution in [0.5, 0.6) is 0 Å². The number of carbonyl (C=O) groups excluding carboxylic acids is 9. The number of ether oxygens (including phenoxy) is 9. The molecule has 0 aliphatic rings. The molecular formula is C66H115N9O22. The molecule has 1 rings (SSSR count). The molecule has 97 heavy (non-hydrogen) atoms. The molecule has 0 saturated carbocycles. The maximum Gasteiger partial charge on any atom is 0.410 e. The van der Waals surface area contributed by atoms with Crippen LogP contribution in [-0.4, -0.2) is 233 Å². The zero-order valence-corrected chi connectivity index (χ0v) is 61.9. The summed E-state index contributed by atoms with van der Waals surface area (Å²) in [6.45, 7) is 39.4. The maximum atomic E-state index is 13.6. The van der Waals surface area contributed by atoms with Crippen molar-refractivity contribution in [1.82, 2.24) is 40.9 Å². The van der Waals surface area contributed by atoms with Gasteiger partial charge in [0.25, 0.3) is 0 Å². The topological polar surface area (TPSA) is 384 Å². The average Bonchev–Trinajstić information content (AvgIpc) is 0.864. The van der Waals surface area contributed by atoms with Crippen LogP contribution in [-0.2, 0) is 63.4 Å². The molecule has 0 radical (unpaired) electrons. The summed E-state index contributed by atoms with van der Waals surface area (Å²) in [7, 11) is 0. The summed E-state index contributed by atoms with van der Waals surface area (Å²) in [4.78, 5) is 143. The Balaban J connectivity index is 0.00000197. The summed E-state index contributed by atoms with van der Waals surface area (Å²) in [5.74, 6) is -4.73. The number of carbonyl (C=O) groups is 11. The van der Waals surface area contributed by atoms with Crippen molar-refractivity contribution in [2.75, 3.05) is 97.1 Å². The molecule has 0 aliphatic heterocycles. The third kappa shape index (κ3) is 48.2. The van der Waals surface area contributed by atoms with Crippen LogP contribution < -0.4 is 26.6 Å². The summed E-state index contributed by atoms with van der Waals surface area (Å²) in [6, 6.07) is 6.86. The van der Waals surface area contributed by atoms with E-state index in [4.69, 9.17) is 47.7 Å². The highest BCUT2D eigenvalue weighted by Gasteiger charge is 2.34. The summed E-state index contributed by atoms with van der Waals surface area (Å²) in [6.07, 6.45) is -5.24. The van der Waals surface area contributed by atoms with E-state index < -0.39 is 136 Å². The van der Waals surface area contributed by atoms with Crippen molar-refractivity contribution in [1.29, 1.82) is 0 Å². The number of rotatable bonds is 28. The number of nitrogens with one attached hydrogen (secondary N) is 5. The Kier molecular flexibility index (Phi) is 35.9. The van der Waals surface area contributed by atoms with Crippen molar-refractivity contribution in [2.45, 2.75) is 217 Å². The van der Waals surface area contributed by atoms with Crippen LogP contribution >= 0.6 is 0 Å². The first-order valence-electron chi connectivity index (χ1n) is 32.1. The molecule has 31 nitrogen and oxygen atoms in total. The average molecular weight is 1390 g/mol. The van der Waals surface area contributed by atoms with E-state index in [1.165, 1.54) is 9.80 Å². The van der Waals surface area contributed by atoms with Gasteiger partial charge in [0.2, 0.25) is 5.91 Å². The molecule has 1 aromatic rings. The third-order valence-electron chi connectivity index (χ3n) is 11.2. The first kappa shape index (κ1) is 88.8. The molecule has 0 bridgehead atoms. The van der Waals surface area contributed by atoms with E-state index in [0.29, 0.717) is 12.1 Å². The fourth-order valence-corrected chi connectivity index (χ4v) is 7.80. The van der Waals surface area contributed by atoms with Crippen molar-refractivity contribution in [2.24, 2.45) is 11.8 Å². The molecule has 0 fully saturated rings. The van der Waals surface area contributed by atoms with Crippen LogP contribution in [0.1, 0.15) is 172 Å². The maximum absolute atomic E-state index is 13.6. The molecule has 31 heteroatoms. The fraction of sp³-hybridized carbons (Fsp3) is 0.742. The van der Waals surface area contributed by atoms with Crippen molar-refractivity contribution >= 4 is 72.3 Å². The van der Waals surface area contributed by atoms with Crippen LogP contribution in [0.15, 0.2) is 24.3 Å². The SMILES string of the molecule is CC(C)(C)OC(=O)NCCN(CC(CN(CCNC(=O)OC(C)(C)C)C(=O)OC(C)(C)C)C(=O)O)C(=O)OC(C)(C)C.CC(C)(C)OC(=O)NCCN(CC(Cc1ccc(NC(=O)COCC(=O)O)cc1)CN(CCNC(=O)OC(C)(C)C)C(=O)OC(C)(C)C)C(=O)OC(C)(C)C. The van der Waals surface area contributed by atoms with Crippen LogP contribution in [0.25, 0.3) is 0 Å². The zero-order valence-electron chi connectivity index (χ0n) is 61.9. The van der Waals surface area contributed by atoms with Gasteiger partial charge in [-0.1, -0.05) is 12.1 Å². The number of hydrogen-bond donors (Lipinski definition) is 7. The Hall–Kier alpha value is -8.25. The molecule has 556 valence electrons. The zero-order chi connectivity index (χ0) is 75.3. The van der Waals surface area contributed by atoms with Crippen LogP contribution in [0.3, 0.4) is 0 Å². The lowest BCUT2D eigenvalue weighted by atomic mass is 9.97. The Morgan fingerprint density at radius 3 is 0.866 bits per heavy atom. The second kappa shape index (κ2) is 39.2. The number of alkyl carbamates (subject to hydrolysis) is 4. The minimum absolute atomic E-state index is 0.0427. The lowest BCUT2D eigenvalue weighted by Gasteiger charge is -2.34. The summed E-state index contributed by atoms with van der Waals surface area (Å²) >= 11 is 0. The Bertz CT molecular complexity index is 2570. The fourth-order valence-electron chi connectivity index (χ4n) is 7.80. The number of anilines is 1. The molecule has 0 spiro atoms. The standard InChI is InChI=1S/C38H63N5O12.C28H52N4O10/c1-35(2,3)52-31(47)39-17-19-42(33(49)54-37(7,8)9)22-27(21-26-13-15-28(16-14-26)41-29(44)24-51-25-30(45)46)23-43(34(50)55-38(10,11)12)20-18-40-32(48)53-36(4,5)6;1-25(2,3)39-21(35)29-13-15-31(23(37)41-27(7,8)9)17-19(20(33)34)18-32(24(38)42-28(10,11)12)16-14-30-22(36)40-26(4,5)6/h13-16,27H,17-25H2,1-12H3,(H,39,47)(H,40,48)(H,41,44)(H,45,46);19H,13-18H2,1-12H3,(H,29,35)(H,30,36)(H,33,34). The lowest BCUT2D eigenvalue weighted by molar-refractivity contribution is -0.144. The van der Waals surface area contributed by atoms with Gasteiger partial charge >= 0.3 is 60.7 Å². The number of amides is 9. The van der Waals surface area contributed by atoms with E-state index in [0.717, 1.165) is 15.4 Å². The van der Waals surface area contributed by atoms with E-state index >= 15 is 0 Å². The van der Waals surface area contributed by atoms with Gasteiger partial charge in [0.05, 0.1) is 5.92 Å². The second-order valence-electron chi connectivity index (χ2n) is 30.7. The van der Waals surface area contributed by atoms with E-state index in [2.05, 4.69) is 26.6 Å². The highest BCUT2D eigenvalue weighted by atomic mass is 16.6. The highest BCUT2D eigenvalue weighted by molar-refractivity contribution is 5.91. The van der Waals surface area contributed by atoms with Crippen LogP contribution in [0, 0.1) is 11.8 Å². The summed E-state index contributed by atoms with van der Waals surface area (Å²) in [5, 5.41) is 31.8. The molecule has 0 aromatic heterocycles. The van der Waals surface area contributed by atoms with Gasteiger partial charge in [0.1, 0.15) is 58.0 Å². The number of carboxylic acid groups (broad SMARTS) is 2. The lowest BCUT2D eigenvalue weighted by Crippen LogP contribution is -2.49. The number of hydrogen-bond acceptors (Lipinski definition) is 20. The van der Waals surface area contributed by atoms with Crippen LogP contribution in [0.4, 0.5) is 44.0 Å². The van der Waals surface area contributed by atoms with Crippen molar-refractivity contribution < 1.29 is 106 Å². The van der Waals surface area contributed by atoms with Gasteiger partial charge in [0, 0.05) is 84.2 Å². The monoisotopic (exact) mass is 1390 g/mol. The predicted octanol–water partition coefficient (Wildman–Crippen LogP) is 9.62. The van der Waals surface area contributed by atoms with Gasteiger partial charge < -0.3 is 99.0 Å². The number of nitrogens with zero attached hydrogens (tertiary/aromatic N) is 4. The Labute approximate surface area is 573 Å². The number of aliphatic carboxylic acids is 2. The molecule has 0 saturated heterocycles. The van der Waals surface area contributed by atoms with E-state index in [-0.39, 0.29) is 78.5 Å². The molecule has 9 amide bonds. The van der Waals surface area contributed by atoms with E-state index in [1.807, 2.05) is 0 Å². The minimum atomic E-state index is -1.28. The molecule has 0 aliphatic carbocycles. The van der Waals surface area contributed by atoms with Crippen molar-refractivity contribution in [3.63, 3.8) is 0 Å². The van der Waals surface area contributed by atoms with Gasteiger partial charge in [-0.2, -0.15) is 0 Å². The van der Waals surface area contributed by atoms with Gasteiger partial charge in [-0.05, 0) is 196 Å².